The molecule has 1 atom stereocenters. The van der Waals surface area contributed by atoms with E-state index in [0.29, 0.717) is 6.04 Å². The molecule has 1 fully saturated rings. The first-order valence-electron chi connectivity index (χ1n) is 5.62. The fourth-order valence-electron chi connectivity index (χ4n) is 1.90. The Labute approximate surface area is 81.7 Å². The summed E-state index contributed by atoms with van der Waals surface area (Å²) < 4.78 is 0. The summed E-state index contributed by atoms with van der Waals surface area (Å²) in [6.07, 6.45) is 6.78. The first-order chi connectivity index (χ1) is 6.16. The van der Waals surface area contributed by atoms with Crippen LogP contribution in [-0.4, -0.2) is 23.3 Å². The summed E-state index contributed by atoms with van der Waals surface area (Å²) >= 11 is 0. The second-order valence-electron chi connectivity index (χ2n) is 4.48. The van der Waals surface area contributed by atoms with Crippen molar-refractivity contribution in [1.29, 1.82) is 0 Å². The molecule has 0 saturated heterocycles. The Bertz CT molecular complexity index is 141. The standard InChI is InChI=1S/C11H23NO/c1-3-10(2)12-9-11(13)7-5-4-6-8-11/h10,12-13H,3-9H2,1-2H3/t10-/m1/s1. The molecule has 1 saturated carbocycles. The van der Waals surface area contributed by atoms with Gasteiger partial charge in [0.05, 0.1) is 5.60 Å². The van der Waals surface area contributed by atoms with Gasteiger partial charge in [-0.2, -0.15) is 0 Å². The van der Waals surface area contributed by atoms with Crippen LogP contribution in [0.4, 0.5) is 0 Å². The summed E-state index contributed by atoms with van der Waals surface area (Å²) in [5.41, 5.74) is -0.401. The van der Waals surface area contributed by atoms with E-state index in [4.69, 9.17) is 0 Å². The molecule has 0 aromatic heterocycles. The van der Waals surface area contributed by atoms with Gasteiger partial charge in [-0.15, -0.1) is 0 Å². The summed E-state index contributed by atoms with van der Waals surface area (Å²) in [6, 6.07) is 0.533. The molecule has 0 spiro atoms. The lowest BCUT2D eigenvalue weighted by Crippen LogP contribution is -2.44. The van der Waals surface area contributed by atoms with E-state index in [1.807, 2.05) is 0 Å². The highest BCUT2D eigenvalue weighted by Gasteiger charge is 2.28. The molecule has 2 heteroatoms. The van der Waals surface area contributed by atoms with Crippen LogP contribution in [0.1, 0.15) is 52.4 Å². The highest BCUT2D eigenvalue weighted by molar-refractivity contribution is 4.85. The molecule has 0 bridgehead atoms. The van der Waals surface area contributed by atoms with Gasteiger partial charge < -0.3 is 10.4 Å². The molecule has 1 aliphatic rings. The van der Waals surface area contributed by atoms with E-state index >= 15 is 0 Å². The second kappa shape index (κ2) is 4.97. The molecule has 13 heavy (non-hydrogen) atoms. The first-order valence-corrected chi connectivity index (χ1v) is 5.62. The third-order valence-corrected chi connectivity index (χ3v) is 3.18. The van der Waals surface area contributed by atoms with Gasteiger partial charge in [0.15, 0.2) is 0 Å². The molecule has 0 aromatic rings. The zero-order chi connectivity index (χ0) is 9.73. The van der Waals surface area contributed by atoms with Gasteiger partial charge in [0.25, 0.3) is 0 Å². The van der Waals surface area contributed by atoms with Crippen molar-refractivity contribution >= 4 is 0 Å². The Kier molecular flexibility index (Phi) is 4.20. The number of nitrogens with one attached hydrogen (secondary N) is 1. The van der Waals surface area contributed by atoms with Crippen LogP contribution in [-0.2, 0) is 0 Å². The SMILES string of the molecule is CC[C@@H](C)NCC1(O)CCCCC1. The molecular weight excluding hydrogens is 162 g/mol. The molecule has 0 heterocycles. The van der Waals surface area contributed by atoms with Gasteiger partial charge in [-0.25, -0.2) is 0 Å². The summed E-state index contributed by atoms with van der Waals surface area (Å²) in [5.74, 6) is 0. The molecule has 1 rings (SSSR count). The quantitative estimate of drug-likeness (QED) is 0.702. The zero-order valence-electron chi connectivity index (χ0n) is 8.97. The zero-order valence-corrected chi connectivity index (χ0v) is 8.97. The van der Waals surface area contributed by atoms with Crippen molar-refractivity contribution in [3.05, 3.63) is 0 Å². The van der Waals surface area contributed by atoms with Gasteiger partial charge in [0.2, 0.25) is 0 Å². The van der Waals surface area contributed by atoms with Crippen LogP contribution >= 0.6 is 0 Å². The number of hydrogen-bond donors (Lipinski definition) is 2. The van der Waals surface area contributed by atoms with E-state index in [9.17, 15) is 5.11 Å². The predicted molar refractivity (Wildman–Crippen MR) is 55.8 cm³/mol. The maximum absolute atomic E-state index is 10.2. The average molecular weight is 185 g/mol. The minimum absolute atomic E-state index is 0.401. The van der Waals surface area contributed by atoms with Crippen LogP contribution in [0, 0.1) is 0 Å². The van der Waals surface area contributed by atoms with Crippen molar-refractivity contribution in [2.24, 2.45) is 0 Å². The molecular formula is C11H23NO. The minimum atomic E-state index is -0.401. The van der Waals surface area contributed by atoms with Crippen LogP contribution in [0.2, 0.25) is 0 Å². The lowest BCUT2D eigenvalue weighted by Gasteiger charge is -2.33. The smallest absolute Gasteiger partial charge is 0.0771 e. The molecule has 2 nitrogen and oxygen atoms in total. The van der Waals surface area contributed by atoms with Crippen molar-refractivity contribution in [3.8, 4) is 0 Å². The van der Waals surface area contributed by atoms with Gasteiger partial charge >= 0.3 is 0 Å². The van der Waals surface area contributed by atoms with Crippen molar-refractivity contribution in [2.75, 3.05) is 6.54 Å². The largest absolute Gasteiger partial charge is 0.389 e. The van der Waals surface area contributed by atoms with Crippen LogP contribution in [0.25, 0.3) is 0 Å². The average Bonchev–Trinajstić information content (AvgIpc) is 2.15. The van der Waals surface area contributed by atoms with Crippen molar-refractivity contribution in [1.82, 2.24) is 5.32 Å². The molecule has 0 aliphatic heterocycles. The fourth-order valence-corrected chi connectivity index (χ4v) is 1.90. The Hall–Kier alpha value is -0.0800. The van der Waals surface area contributed by atoms with Crippen LogP contribution in [0.5, 0.6) is 0 Å². The third-order valence-electron chi connectivity index (χ3n) is 3.18. The predicted octanol–water partition coefficient (Wildman–Crippen LogP) is 2.07. The minimum Gasteiger partial charge on any atom is -0.389 e. The molecule has 0 radical (unpaired) electrons. The summed E-state index contributed by atoms with van der Waals surface area (Å²) in [7, 11) is 0. The van der Waals surface area contributed by atoms with Gasteiger partial charge in [-0.1, -0.05) is 26.2 Å². The van der Waals surface area contributed by atoms with Crippen LogP contribution < -0.4 is 5.32 Å². The molecule has 2 N–H and O–H groups in total. The maximum atomic E-state index is 10.2. The third kappa shape index (κ3) is 3.65. The van der Waals surface area contributed by atoms with Gasteiger partial charge in [0.1, 0.15) is 0 Å². The lowest BCUT2D eigenvalue weighted by molar-refractivity contribution is 0.00298. The van der Waals surface area contributed by atoms with E-state index < -0.39 is 5.60 Å². The first kappa shape index (κ1) is 11.0. The monoisotopic (exact) mass is 185 g/mol. The normalized spacial score (nSPS) is 24.2. The fraction of sp³-hybridized carbons (Fsp3) is 1.00. The molecule has 0 unspecified atom stereocenters. The molecule has 0 amide bonds. The molecule has 0 aromatic carbocycles. The number of hydrogen-bond acceptors (Lipinski definition) is 2. The number of aliphatic hydroxyl groups is 1. The second-order valence-corrected chi connectivity index (χ2v) is 4.48. The van der Waals surface area contributed by atoms with Gasteiger partial charge in [-0.3, -0.25) is 0 Å². The van der Waals surface area contributed by atoms with E-state index in [-0.39, 0.29) is 0 Å². The maximum Gasteiger partial charge on any atom is 0.0771 e. The Balaban J connectivity index is 2.24. The topological polar surface area (TPSA) is 32.3 Å². The van der Waals surface area contributed by atoms with Crippen molar-refractivity contribution in [2.45, 2.75) is 64.0 Å². The number of rotatable bonds is 4. The molecule has 1 aliphatic carbocycles. The summed E-state index contributed by atoms with van der Waals surface area (Å²) in [4.78, 5) is 0. The van der Waals surface area contributed by atoms with Crippen LogP contribution in [0.15, 0.2) is 0 Å². The van der Waals surface area contributed by atoms with Gasteiger partial charge in [-0.05, 0) is 26.2 Å². The Morgan fingerprint density at radius 1 is 1.31 bits per heavy atom. The Morgan fingerprint density at radius 3 is 2.46 bits per heavy atom. The van der Waals surface area contributed by atoms with Crippen molar-refractivity contribution < 1.29 is 5.11 Å². The molecule has 78 valence electrons. The van der Waals surface area contributed by atoms with Gasteiger partial charge in [0, 0.05) is 12.6 Å². The highest BCUT2D eigenvalue weighted by Crippen LogP contribution is 2.27. The van der Waals surface area contributed by atoms with E-state index in [1.165, 1.54) is 19.3 Å². The van der Waals surface area contributed by atoms with E-state index in [0.717, 1.165) is 25.8 Å². The summed E-state index contributed by atoms with van der Waals surface area (Å²) in [5, 5.41) is 13.5. The van der Waals surface area contributed by atoms with Crippen LogP contribution in [0.3, 0.4) is 0 Å². The lowest BCUT2D eigenvalue weighted by atomic mass is 9.85. The highest BCUT2D eigenvalue weighted by atomic mass is 16.3. The van der Waals surface area contributed by atoms with Crippen molar-refractivity contribution in [3.63, 3.8) is 0 Å². The van der Waals surface area contributed by atoms with E-state index in [1.54, 1.807) is 0 Å². The Morgan fingerprint density at radius 2 is 1.92 bits per heavy atom. The van der Waals surface area contributed by atoms with E-state index in [2.05, 4.69) is 19.2 Å². The summed E-state index contributed by atoms with van der Waals surface area (Å²) in [6.45, 7) is 5.12.